The molecule has 0 unspecified atom stereocenters. The summed E-state index contributed by atoms with van der Waals surface area (Å²) in [6, 6.07) is 13.9. The lowest BCUT2D eigenvalue weighted by atomic mass is 10.0. The summed E-state index contributed by atoms with van der Waals surface area (Å²) in [6.45, 7) is 2.36. The van der Waals surface area contributed by atoms with E-state index in [1.54, 1.807) is 24.3 Å². The summed E-state index contributed by atoms with van der Waals surface area (Å²) < 4.78 is 0. The zero-order valence-electron chi connectivity index (χ0n) is 14.1. The van der Waals surface area contributed by atoms with Gasteiger partial charge in [0.05, 0.1) is 5.56 Å². The first-order chi connectivity index (χ1) is 12.0. The number of aromatic carboxylic acids is 1. The van der Waals surface area contributed by atoms with E-state index in [1.807, 2.05) is 25.1 Å². The lowest BCUT2D eigenvalue weighted by Gasteiger charge is -2.06. The van der Waals surface area contributed by atoms with Gasteiger partial charge in [-0.3, -0.25) is 9.59 Å². The van der Waals surface area contributed by atoms with Gasteiger partial charge in [0.2, 0.25) is 5.91 Å². The quantitative estimate of drug-likeness (QED) is 0.724. The first-order valence-electron chi connectivity index (χ1n) is 8.14. The normalized spacial score (nSPS) is 10.3. The first-order valence-corrected chi connectivity index (χ1v) is 8.14. The third kappa shape index (κ3) is 5.88. The van der Waals surface area contributed by atoms with E-state index in [1.165, 1.54) is 6.07 Å². The third-order valence-corrected chi connectivity index (χ3v) is 3.86. The molecule has 130 valence electrons. The third-order valence-electron chi connectivity index (χ3n) is 3.86. The minimum Gasteiger partial charge on any atom is -0.478 e. The molecule has 2 aromatic rings. The Morgan fingerprint density at radius 1 is 0.960 bits per heavy atom. The average Bonchev–Trinajstić information content (AvgIpc) is 2.60. The molecule has 25 heavy (non-hydrogen) atoms. The van der Waals surface area contributed by atoms with Crippen LogP contribution in [0.25, 0.3) is 0 Å². The number of carboxylic acids is 1. The van der Waals surface area contributed by atoms with E-state index in [0.29, 0.717) is 18.5 Å². The highest BCUT2D eigenvalue weighted by atomic mass is 16.4. The largest absolute Gasteiger partial charge is 0.478 e. The summed E-state index contributed by atoms with van der Waals surface area (Å²) in [6.07, 6.45) is 0.851. The van der Waals surface area contributed by atoms with Crippen LogP contribution in [-0.2, 0) is 11.2 Å². The lowest BCUT2D eigenvalue weighted by molar-refractivity contribution is -0.121. The molecule has 5 nitrogen and oxygen atoms in total. The number of carbonyl (C=O) groups excluding carboxylic acids is 2. The number of ketones is 1. The highest BCUT2D eigenvalue weighted by Crippen LogP contribution is 2.08. The van der Waals surface area contributed by atoms with Crippen LogP contribution >= 0.6 is 0 Å². The van der Waals surface area contributed by atoms with Crippen molar-refractivity contribution in [1.82, 2.24) is 5.32 Å². The molecule has 0 aliphatic rings. The van der Waals surface area contributed by atoms with Crippen LogP contribution in [0, 0.1) is 6.92 Å². The van der Waals surface area contributed by atoms with Crippen LogP contribution in [0.2, 0.25) is 0 Å². The van der Waals surface area contributed by atoms with Gasteiger partial charge in [-0.05, 0) is 31.0 Å². The Morgan fingerprint density at radius 3 is 2.36 bits per heavy atom. The maximum absolute atomic E-state index is 12.0. The molecule has 1 amide bonds. The molecular formula is C20H21NO4. The Kier molecular flexibility index (Phi) is 6.46. The monoisotopic (exact) mass is 339 g/mol. The maximum Gasteiger partial charge on any atom is 0.335 e. The number of hydrogen-bond acceptors (Lipinski definition) is 3. The summed E-state index contributed by atoms with van der Waals surface area (Å²) in [5, 5.41) is 11.7. The minimum atomic E-state index is -0.972. The van der Waals surface area contributed by atoms with Crippen molar-refractivity contribution in [2.45, 2.75) is 26.2 Å². The van der Waals surface area contributed by atoms with Gasteiger partial charge < -0.3 is 10.4 Å². The molecule has 0 bridgehead atoms. The maximum atomic E-state index is 12.0. The number of carbonyl (C=O) groups is 3. The van der Waals surface area contributed by atoms with Gasteiger partial charge in [-0.2, -0.15) is 0 Å². The van der Waals surface area contributed by atoms with Crippen LogP contribution in [-0.4, -0.2) is 29.3 Å². The Hall–Kier alpha value is -2.95. The molecule has 0 aliphatic carbocycles. The number of amides is 1. The zero-order chi connectivity index (χ0) is 18.2. The minimum absolute atomic E-state index is 0.0516. The molecule has 5 heteroatoms. The molecule has 0 radical (unpaired) electrons. The number of benzene rings is 2. The van der Waals surface area contributed by atoms with Crippen molar-refractivity contribution in [3.05, 3.63) is 70.8 Å². The Bertz CT molecular complexity index is 766. The van der Waals surface area contributed by atoms with Gasteiger partial charge in [-0.1, -0.05) is 42.0 Å². The number of Topliss-reactive ketones (excluding diaryl/α,β-unsaturated/α-hetero) is 1. The van der Waals surface area contributed by atoms with Gasteiger partial charge >= 0.3 is 5.97 Å². The van der Waals surface area contributed by atoms with Crippen molar-refractivity contribution in [3.8, 4) is 0 Å². The molecule has 0 atom stereocenters. The van der Waals surface area contributed by atoms with Crippen LogP contribution < -0.4 is 5.32 Å². The smallest absolute Gasteiger partial charge is 0.335 e. The summed E-state index contributed by atoms with van der Waals surface area (Å²) in [5.74, 6) is -1.21. The fourth-order valence-electron chi connectivity index (χ4n) is 2.41. The molecule has 0 aliphatic heterocycles. The SMILES string of the molecule is Cc1ccc(C(=O)CCC(=O)NCCc2cccc(C(=O)O)c2)cc1. The zero-order valence-corrected chi connectivity index (χ0v) is 14.1. The lowest BCUT2D eigenvalue weighted by Crippen LogP contribution is -2.26. The van der Waals surface area contributed by atoms with E-state index in [-0.39, 0.29) is 30.1 Å². The number of nitrogens with one attached hydrogen (secondary N) is 1. The van der Waals surface area contributed by atoms with Crippen molar-refractivity contribution in [1.29, 1.82) is 0 Å². The molecule has 0 saturated carbocycles. The first kappa shape index (κ1) is 18.4. The van der Waals surface area contributed by atoms with Crippen molar-refractivity contribution in [2.24, 2.45) is 0 Å². The molecule has 0 fully saturated rings. The second-order valence-corrected chi connectivity index (χ2v) is 5.89. The van der Waals surface area contributed by atoms with E-state index in [9.17, 15) is 14.4 Å². The number of carboxylic acid groups (broad SMARTS) is 1. The average molecular weight is 339 g/mol. The van der Waals surface area contributed by atoms with Crippen molar-refractivity contribution in [2.75, 3.05) is 6.54 Å². The van der Waals surface area contributed by atoms with Crippen molar-refractivity contribution in [3.63, 3.8) is 0 Å². The predicted octanol–water partition coefficient (Wildman–Crippen LogP) is 3.02. The van der Waals surface area contributed by atoms with Crippen molar-refractivity contribution >= 4 is 17.7 Å². The Morgan fingerprint density at radius 2 is 1.68 bits per heavy atom. The van der Waals surface area contributed by atoms with E-state index >= 15 is 0 Å². The highest BCUT2D eigenvalue weighted by molar-refractivity contribution is 5.97. The van der Waals surface area contributed by atoms with Crippen LogP contribution in [0.5, 0.6) is 0 Å². The molecule has 0 aromatic heterocycles. The second kappa shape index (κ2) is 8.78. The van der Waals surface area contributed by atoms with Gasteiger partial charge in [-0.15, -0.1) is 0 Å². The summed E-state index contributed by atoms with van der Waals surface area (Å²) >= 11 is 0. The number of rotatable bonds is 8. The molecular weight excluding hydrogens is 318 g/mol. The van der Waals surface area contributed by atoms with E-state index < -0.39 is 5.97 Å². The van der Waals surface area contributed by atoms with Gasteiger partial charge in [0, 0.05) is 24.9 Å². The number of hydrogen-bond donors (Lipinski definition) is 2. The van der Waals surface area contributed by atoms with Crippen LogP contribution in [0.15, 0.2) is 48.5 Å². The molecule has 2 aromatic carbocycles. The Balaban J connectivity index is 1.73. The van der Waals surface area contributed by atoms with E-state index in [2.05, 4.69) is 5.32 Å². The summed E-state index contributed by atoms with van der Waals surface area (Å²) in [7, 11) is 0. The van der Waals surface area contributed by atoms with Gasteiger partial charge in [0.15, 0.2) is 5.78 Å². The highest BCUT2D eigenvalue weighted by Gasteiger charge is 2.09. The van der Waals surface area contributed by atoms with E-state index in [0.717, 1.165) is 11.1 Å². The van der Waals surface area contributed by atoms with Gasteiger partial charge in [0.25, 0.3) is 0 Å². The molecule has 0 spiro atoms. The fourth-order valence-corrected chi connectivity index (χ4v) is 2.41. The molecule has 0 saturated heterocycles. The Labute approximate surface area is 146 Å². The summed E-state index contributed by atoms with van der Waals surface area (Å²) in [4.78, 5) is 34.8. The fraction of sp³-hybridized carbons (Fsp3) is 0.250. The molecule has 0 heterocycles. The van der Waals surface area contributed by atoms with Crippen LogP contribution in [0.4, 0.5) is 0 Å². The van der Waals surface area contributed by atoms with Crippen LogP contribution in [0.1, 0.15) is 44.7 Å². The van der Waals surface area contributed by atoms with Crippen LogP contribution in [0.3, 0.4) is 0 Å². The summed E-state index contributed by atoms with van der Waals surface area (Å²) in [5.41, 5.74) is 2.77. The molecule has 2 rings (SSSR count). The van der Waals surface area contributed by atoms with Crippen molar-refractivity contribution < 1.29 is 19.5 Å². The standard InChI is InChI=1S/C20H21NO4/c1-14-5-7-16(8-6-14)18(22)9-10-19(23)21-12-11-15-3-2-4-17(13-15)20(24)25/h2-8,13H,9-12H2,1H3,(H,21,23)(H,24,25). The van der Waals surface area contributed by atoms with Gasteiger partial charge in [0.1, 0.15) is 0 Å². The van der Waals surface area contributed by atoms with E-state index in [4.69, 9.17) is 5.11 Å². The predicted molar refractivity (Wildman–Crippen MR) is 94.9 cm³/mol. The second-order valence-electron chi connectivity index (χ2n) is 5.89. The van der Waals surface area contributed by atoms with Gasteiger partial charge in [-0.25, -0.2) is 4.79 Å². The molecule has 2 N–H and O–H groups in total. The number of aryl methyl sites for hydroxylation is 1. The topological polar surface area (TPSA) is 83.5 Å².